The second-order valence-electron chi connectivity index (χ2n) is 3.81. The van der Waals surface area contributed by atoms with Crippen molar-refractivity contribution in [1.29, 1.82) is 0 Å². The summed E-state index contributed by atoms with van der Waals surface area (Å²) in [6.07, 6.45) is 1.06. The van der Waals surface area contributed by atoms with Crippen molar-refractivity contribution in [2.24, 2.45) is 0 Å². The first kappa shape index (κ1) is 13.0. The Morgan fingerprint density at radius 3 is 2.50 bits per heavy atom. The molecule has 5 heteroatoms. The van der Waals surface area contributed by atoms with Crippen LogP contribution >= 0.6 is 0 Å². The zero-order valence-corrected chi connectivity index (χ0v) is 10.4. The molecule has 0 bridgehead atoms. The number of aliphatic hydroxyl groups is 1. The maximum atomic E-state index is 11.5. The topological polar surface area (TPSA) is 63.6 Å². The number of ether oxygens (including phenoxy) is 1. The summed E-state index contributed by atoms with van der Waals surface area (Å²) in [6.45, 7) is 1.66. The molecule has 0 amide bonds. The molecule has 0 spiro atoms. The molecule has 0 aromatic heterocycles. The molecule has 1 aromatic rings. The lowest BCUT2D eigenvalue weighted by atomic mass is 10.1. The minimum absolute atomic E-state index is 0.160. The van der Waals surface area contributed by atoms with E-state index in [1.807, 2.05) is 0 Å². The average molecular weight is 244 g/mol. The maximum Gasteiger partial charge on any atom is 0.179 e. The lowest BCUT2D eigenvalue weighted by Crippen LogP contribution is -2.06. The van der Waals surface area contributed by atoms with E-state index in [0.717, 1.165) is 11.8 Å². The van der Waals surface area contributed by atoms with Crippen LogP contribution in [0.15, 0.2) is 23.1 Å². The normalized spacial score (nSPS) is 13.5. The number of hydrogen-bond donors (Lipinski definition) is 1. The average Bonchev–Trinajstić information content (AvgIpc) is 2.15. The molecule has 0 aliphatic heterocycles. The molecule has 16 heavy (non-hydrogen) atoms. The highest BCUT2D eigenvalue weighted by molar-refractivity contribution is 7.90. The Kier molecular flexibility index (Phi) is 3.93. The zero-order chi connectivity index (χ0) is 12.3. The summed E-state index contributed by atoms with van der Waals surface area (Å²) in [4.78, 5) is 0.160. The first-order valence-electron chi connectivity index (χ1n) is 4.89. The molecule has 0 aliphatic rings. The lowest BCUT2D eigenvalue weighted by Gasteiger charge is -2.10. The van der Waals surface area contributed by atoms with Crippen LogP contribution < -0.4 is 4.74 Å². The Morgan fingerprint density at radius 1 is 1.44 bits per heavy atom. The highest BCUT2D eigenvalue weighted by Crippen LogP contribution is 2.25. The van der Waals surface area contributed by atoms with Crippen molar-refractivity contribution in [3.8, 4) is 5.75 Å². The number of aliphatic hydroxyl groups excluding tert-OH is 1. The minimum atomic E-state index is -3.31. The van der Waals surface area contributed by atoms with Gasteiger partial charge in [0.05, 0.1) is 13.2 Å². The van der Waals surface area contributed by atoms with Gasteiger partial charge in [-0.3, -0.25) is 0 Å². The third-order valence-electron chi connectivity index (χ3n) is 2.16. The third kappa shape index (κ3) is 3.21. The fourth-order valence-electron chi connectivity index (χ4n) is 1.48. The van der Waals surface area contributed by atoms with Crippen molar-refractivity contribution in [2.45, 2.75) is 24.3 Å². The van der Waals surface area contributed by atoms with Gasteiger partial charge in [0.15, 0.2) is 9.84 Å². The summed E-state index contributed by atoms with van der Waals surface area (Å²) >= 11 is 0. The van der Waals surface area contributed by atoms with E-state index in [1.54, 1.807) is 25.1 Å². The summed E-state index contributed by atoms with van der Waals surface area (Å²) < 4.78 is 28.0. The predicted molar refractivity (Wildman–Crippen MR) is 61.5 cm³/mol. The van der Waals surface area contributed by atoms with Crippen LogP contribution in [-0.4, -0.2) is 33.0 Å². The van der Waals surface area contributed by atoms with Crippen LogP contribution in [0.1, 0.15) is 12.5 Å². The Morgan fingerprint density at radius 2 is 2.06 bits per heavy atom. The molecule has 1 aromatic carbocycles. The first-order chi connectivity index (χ1) is 7.34. The molecule has 1 unspecified atom stereocenters. The number of hydrogen-bond acceptors (Lipinski definition) is 4. The number of sulfone groups is 1. The standard InChI is InChI=1S/C11H16O4S/c1-8(12)6-9-4-5-10(15-2)11(7-9)16(3,13)14/h4-5,7-8,12H,6H2,1-3H3. The van der Waals surface area contributed by atoms with Gasteiger partial charge in [0, 0.05) is 6.26 Å². The largest absolute Gasteiger partial charge is 0.495 e. The highest BCUT2D eigenvalue weighted by atomic mass is 32.2. The quantitative estimate of drug-likeness (QED) is 0.859. The van der Waals surface area contributed by atoms with Crippen molar-refractivity contribution in [3.63, 3.8) is 0 Å². The Labute approximate surface area is 95.8 Å². The zero-order valence-electron chi connectivity index (χ0n) is 9.60. The SMILES string of the molecule is COc1ccc(CC(C)O)cc1S(C)(=O)=O. The Hall–Kier alpha value is -1.07. The molecule has 1 atom stereocenters. The molecular weight excluding hydrogens is 228 g/mol. The van der Waals surface area contributed by atoms with Gasteiger partial charge in [0.25, 0.3) is 0 Å². The van der Waals surface area contributed by atoms with E-state index in [9.17, 15) is 13.5 Å². The lowest BCUT2D eigenvalue weighted by molar-refractivity contribution is 0.195. The minimum Gasteiger partial charge on any atom is -0.495 e. The van der Waals surface area contributed by atoms with Gasteiger partial charge in [-0.1, -0.05) is 6.07 Å². The van der Waals surface area contributed by atoms with Gasteiger partial charge in [-0.2, -0.15) is 0 Å². The first-order valence-corrected chi connectivity index (χ1v) is 6.78. The van der Waals surface area contributed by atoms with Crippen LogP contribution in [-0.2, 0) is 16.3 Å². The van der Waals surface area contributed by atoms with Crippen molar-refractivity contribution in [2.75, 3.05) is 13.4 Å². The molecule has 0 aliphatic carbocycles. The fraction of sp³-hybridized carbons (Fsp3) is 0.455. The van der Waals surface area contributed by atoms with Gasteiger partial charge in [-0.25, -0.2) is 8.42 Å². The van der Waals surface area contributed by atoms with E-state index in [0.29, 0.717) is 12.2 Å². The summed E-state index contributed by atoms with van der Waals surface area (Å²) in [5, 5.41) is 9.25. The summed E-state index contributed by atoms with van der Waals surface area (Å²) in [7, 11) is -1.88. The third-order valence-corrected chi connectivity index (χ3v) is 3.28. The van der Waals surface area contributed by atoms with Gasteiger partial charge in [0.2, 0.25) is 0 Å². The van der Waals surface area contributed by atoms with Gasteiger partial charge in [-0.05, 0) is 31.0 Å². The molecule has 0 heterocycles. The van der Waals surface area contributed by atoms with Gasteiger partial charge >= 0.3 is 0 Å². The van der Waals surface area contributed by atoms with Crippen molar-refractivity contribution >= 4 is 9.84 Å². The van der Waals surface area contributed by atoms with Crippen molar-refractivity contribution in [3.05, 3.63) is 23.8 Å². The van der Waals surface area contributed by atoms with Crippen molar-refractivity contribution in [1.82, 2.24) is 0 Å². The van der Waals surface area contributed by atoms with E-state index < -0.39 is 15.9 Å². The summed E-state index contributed by atoms with van der Waals surface area (Å²) in [6, 6.07) is 4.90. The van der Waals surface area contributed by atoms with Crippen LogP contribution in [0, 0.1) is 0 Å². The van der Waals surface area contributed by atoms with Crippen LogP contribution in [0.4, 0.5) is 0 Å². The second kappa shape index (κ2) is 4.84. The fourth-order valence-corrected chi connectivity index (χ4v) is 2.36. The molecule has 0 saturated heterocycles. The molecular formula is C11H16O4S. The van der Waals surface area contributed by atoms with Gasteiger partial charge < -0.3 is 9.84 Å². The van der Waals surface area contributed by atoms with Crippen molar-refractivity contribution < 1.29 is 18.3 Å². The van der Waals surface area contributed by atoms with Gasteiger partial charge in [0.1, 0.15) is 10.6 Å². The van der Waals surface area contributed by atoms with Crippen LogP contribution in [0.2, 0.25) is 0 Å². The van der Waals surface area contributed by atoms with E-state index >= 15 is 0 Å². The molecule has 1 rings (SSSR count). The van der Waals surface area contributed by atoms with E-state index in [4.69, 9.17) is 4.74 Å². The molecule has 1 N–H and O–H groups in total. The Bertz CT molecular complexity index is 463. The highest BCUT2D eigenvalue weighted by Gasteiger charge is 2.15. The monoisotopic (exact) mass is 244 g/mol. The number of rotatable bonds is 4. The molecule has 4 nitrogen and oxygen atoms in total. The van der Waals surface area contributed by atoms with Crippen LogP contribution in [0.3, 0.4) is 0 Å². The Balaban J connectivity index is 3.22. The molecule has 90 valence electrons. The van der Waals surface area contributed by atoms with E-state index in [2.05, 4.69) is 0 Å². The van der Waals surface area contributed by atoms with Gasteiger partial charge in [-0.15, -0.1) is 0 Å². The van der Waals surface area contributed by atoms with Crippen LogP contribution in [0.5, 0.6) is 5.75 Å². The molecule has 0 saturated carbocycles. The van der Waals surface area contributed by atoms with E-state index in [-0.39, 0.29) is 4.90 Å². The smallest absolute Gasteiger partial charge is 0.179 e. The maximum absolute atomic E-state index is 11.5. The second-order valence-corrected chi connectivity index (χ2v) is 5.79. The van der Waals surface area contributed by atoms with Crippen LogP contribution in [0.25, 0.3) is 0 Å². The molecule has 0 fully saturated rings. The number of methoxy groups -OCH3 is 1. The molecule has 0 radical (unpaired) electrons. The summed E-state index contributed by atoms with van der Waals surface area (Å²) in [5.74, 6) is 0.330. The predicted octanol–water partition coefficient (Wildman–Crippen LogP) is 1.02. The number of benzene rings is 1. The summed E-state index contributed by atoms with van der Waals surface area (Å²) in [5.41, 5.74) is 0.774. The van der Waals surface area contributed by atoms with E-state index in [1.165, 1.54) is 7.11 Å².